The van der Waals surface area contributed by atoms with Crippen LogP contribution in [0.4, 0.5) is 0 Å². The van der Waals surface area contributed by atoms with Crippen LogP contribution in [0.25, 0.3) is 0 Å². The lowest BCUT2D eigenvalue weighted by Gasteiger charge is -1.99. The summed E-state index contributed by atoms with van der Waals surface area (Å²) in [6.07, 6.45) is 3.50. The smallest absolute Gasteiger partial charge is 0.333 e. The summed E-state index contributed by atoms with van der Waals surface area (Å²) in [5.74, 6) is -0.295. The zero-order valence-electron chi connectivity index (χ0n) is 9.35. The van der Waals surface area contributed by atoms with Gasteiger partial charge in [-0.05, 0) is 13.3 Å². The SMILES string of the molecule is C=C(C)C(=O)OCCC.CCCC. The lowest BCUT2D eigenvalue weighted by molar-refractivity contribution is -0.138. The van der Waals surface area contributed by atoms with Crippen LogP contribution in [0, 0.1) is 0 Å². The van der Waals surface area contributed by atoms with Gasteiger partial charge in [-0.3, -0.25) is 0 Å². The summed E-state index contributed by atoms with van der Waals surface area (Å²) >= 11 is 0. The number of carbonyl (C=O) groups is 1. The maximum atomic E-state index is 10.6. The van der Waals surface area contributed by atoms with Crippen LogP contribution < -0.4 is 0 Å². The van der Waals surface area contributed by atoms with Crippen LogP contribution in [0.5, 0.6) is 0 Å². The number of unbranched alkanes of at least 4 members (excludes halogenated alkanes) is 1. The molecule has 0 aromatic rings. The molecule has 0 rings (SSSR count). The molecule has 0 fully saturated rings. The molecule has 0 aliphatic rings. The molecule has 2 nitrogen and oxygen atoms in total. The van der Waals surface area contributed by atoms with E-state index in [1.165, 1.54) is 12.8 Å². The average Bonchev–Trinajstić information content (AvgIpc) is 2.14. The summed E-state index contributed by atoms with van der Waals surface area (Å²) in [5.41, 5.74) is 0.462. The summed E-state index contributed by atoms with van der Waals surface area (Å²) < 4.78 is 4.71. The summed E-state index contributed by atoms with van der Waals surface area (Å²) in [4.78, 5) is 10.6. The summed E-state index contributed by atoms with van der Waals surface area (Å²) in [7, 11) is 0. The van der Waals surface area contributed by atoms with E-state index >= 15 is 0 Å². The van der Waals surface area contributed by atoms with Crippen molar-refractivity contribution < 1.29 is 9.53 Å². The van der Waals surface area contributed by atoms with Crippen molar-refractivity contribution in [3.8, 4) is 0 Å². The molecular weight excluding hydrogens is 164 g/mol. The largest absolute Gasteiger partial charge is 0.462 e. The quantitative estimate of drug-likeness (QED) is 0.497. The van der Waals surface area contributed by atoms with Crippen molar-refractivity contribution in [3.63, 3.8) is 0 Å². The van der Waals surface area contributed by atoms with Gasteiger partial charge in [0.15, 0.2) is 0 Å². The van der Waals surface area contributed by atoms with Crippen LogP contribution in [0.1, 0.15) is 47.0 Å². The Kier molecular flexibility index (Phi) is 12.7. The highest BCUT2D eigenvalue weighted by Gasteiger charge is 1.99. The van der Waals surface area contributed by atoms with Crippen LogP contribution in [0.3, 0.4) is 0 Å². The van der Waals surface area contributed by atoms with E-state index in [4.69, 9.17) is 4.74 Å². The van der Waals surface area contributed by atoms with Crippen LogP contribution in [0.15, 0.2) is 12.2 Å². The topological polar surface area (TPSA) is 26.3 Å². The van der Waals surface area contributed by atoms with Crippen molar-refractivity contribution in [1.82, 2.24) is 0 Å². The van der Waals surface area contributed by atoms with E-state index in [0.29, 0.717) is 12.2 Å². The van der Waals surface area contributed by atoms with Crippen LogP contribution >= 0.6 is 0 Å². The van der Waals surface area contributed by atoms with Gasteiger partial charge in [0.1, 0.15) is 0 Å². The van der Waals surface area contributed by atoms with Crippen molar-refractivity contribution in [1.29, 1.82) is 0 Å². The molecule has 0 amide bonds. The van der Waals surface area contributed by atoms with Gasteiger partial charge in [0.05, 0.1) is 6.61 Å². The van der Waals surface area contributed by atoms with E-state index < -0.39 is 0 Å². The maximum absolute atomic E-state index is 10.6. The third-order valence-electron chi connectivity index (χ3n) is 1.29. The first kappa shape index (κ1) is 14.7. The predicted octanol–water partition coefficient (Wildman–Crippen LogP) is 3.32. The molecule has 0 atom stereocenters. The van der Waals surface area contributed by atoms with Gasteiger partial charge in [-0.25, -0.2) is 4.79 Å². The van der Waals surface area contributed by atoms with Gasteiger partial charge in [0, 0.05) is 5.57 Å². The number of hydrogen-bond donors (Lipinski definition) is 0. The van der Waals surface area contributed by atoms with Gasteiger partial charge in [-0.2, -0.15) is 0 Å². The molecule has 0 bridgehead atoms. The van der Waals surface area contributed by atoms with Gasteiger partial charge < -0.3 is 4.74 Å². The Morgan fingerprint density at radius 3 is 1.85 bits per heavy atom. The molecule has 0 heterocycles. The molecule has 0 aromatic heterocycles. The third-order valence-corrected chi connectivity index (χ3v) is 1.29. The zero-order valence-corrected chi connectivity index (χ0v) is 9.35. The molecule has 0 saturated heterocycles. The van der Waals surface area contributed by atoms with E-state index in [1.807, 2.05) is 6.92 Å². The molecule has 78 valence electrons. The second kappa shape index (κ2) is 11.2. The Bertz CT molecular complexity index is 137. The minimum atomic E-state index is -0.295. The van der Waals surface area contributed by atoms with Crippen molar-refractivity contribution in [2.24, 2.45) is 0 Å². The fraction of sp³-hybridized carbons (Fsp3) is 0.727. The summed E-state index contributed by atoms with van der Waals surface area (Å²) in [6, 6.07) is 0. The summed E-state index contributed by atoms with van der Waals surface area (Å²) in [6.45, 7) is 11.9. The molecule has 0 saturated carbocycles. The van der Waals surface area contributed by atoms with Crippen molar-refractivity contribution in [2.45, 2.75) is 47.0 Å². The number of carbonyl (C=O) groups excluding carboxylic acids is 1. The molecule has 0 spiro atoms. The molecule has 2 heteroatoms. The lowest BCUT2D eigenvalue weighted by Crippen LogP contribution is -2.04. The Morgan fingerprint density at radius 1 is 1.15 bits per heavy atom. The normalized spacial score (nSPS) is 8.31. The minimum Gasteiger partial charge on any atom is -0.462 e. The number of hydrogen-bond acceptors (Lipinski definition) is 2. The minimum absolute atomic E-state index is 0.295. The Morgan fingerprint density at radius 2 is 1.62 bits per heavy atom. The fourth-order valence-corrected chi connectivity index (χ4v) is 0.318. The first-order valence-electron chi connectivity index (χ1n) is 4.92. The second-order valence-electron chi connectivity index (χ2n) is 2.92. The highest BCUT2D eigenvalue weighted by Crippen LogP contribution is 1.91. The maximum Gasteiger partial charge on any atom is 0.333 e. The van der Waals surface area contributed by atoms with Crippen molar-refractivity contribution in [3.05, 3.63) is 12.2 Å². The number of rotatable bonds is 4. The molecule has 13 heavy (non-hydrogen) atoms. The van der Waals surface area contributed by atoms with E-state index in [-0.39, 0.29) is 5.97 Å². The molecular formula is C11H22O2. The van der Waals surface area contributed by atoms with E-state index in [9.17, 15) is 4.79 Å². The fourth-order valence-electron chi connectivity index (χ4n) is 0.318. The van der Waals surface area contributed by atoms with E-state index in [0.717, 1.165) is 6.42 Å². The van der Waals surface area contributed by atoms with Gasteiger partial charge in [-0.1, -0.05) is 40.2 Å². The lowest BCUT2D eigenvalue weighted by atomic mass is 10.4. The van der Waals surface area contributed by atoms with Gasteiger partial charge in [0.2, 0.25) is 0 Å². The molecule has 0 aliphatic carbocycles. The van der Waals surface area contributed by atoms with Gasteiger partial charge in [0.25, 0.3) is 0 Å². The Hall–Kier alpha value is -0.790. The highest BCUT2D eigenvalue weighted by atomic mass is 16.5. The van der Waals surface area contributed by atoms with Crippen LogP contribution in [-0.2, 0) is 9.53 Å². The number of esters is 1. The molecule has 0 aliphatic heterocycles. The van der Waals surface area contributed by atoms with Gasteiger partial charge >= 0.3 is 5.97 Å². The van der Waals surface area contributed by atoms with Crippen molar-refractivity contribution >= 4 is 5.97 Å². The Labute approximate surface area is 82.0 Å². The standard InChI is InChI=1S/C7H12O2.C4H10/c1-4-5-9-7(8)6(2)3;1-3-4-2/h2,4-5H2,1,3H3;3-4H2,1-2H3. The Balaban J connectivity index is 0. The highest BCUT2D eigenvalue weighted by molar-refractivity contribution is 5.86. The molecule has 0 radical (unpaired) electrons. The van der Waals surface area contributed by atoms with E-state index in [1.54, 1.807) is 6.92 Å². The average molecular weight is 186 g/mol. The monoisotopic (exact) mass is 186 g/mol. The summed E-state index contributed by atoms with van der Waals surface area (Å²) in [5, 5.41) is 0. The second-order valence-corrected chi connectivity index (χ2v) is 2.92. The first-order chi connectivity index (χ1) is 6.09. The molecule has 0 aromatic carbocycles. The zero-order chi connectivity index (χ0) is 10.7. The molecule has 0 unspecified atom stereocenters. The van der Waals surface area contributed by atoms with Crippen molar-refractivity contribution in [2.75, 3.05) is 6.61 Å². The van der Waals surface area contributed by atoms with E-state index in [2.05, 4.69) is 20.4 Å². The number of ether oxygens (including phenoxy) is 1. The van der Waals surface area contributed by atoms with Crippen LogP contribution in [-0.4, -0.2) is 12.6 Å². The molecule has 0 N–H and O–H groups in total. The van der Waals surface area contributed by atoms with Gasteiger partial charge in [-0.15, -0.1) is 0 Å². The predicted molar refractivity (Wildman–Crippen MR) is 56.6 cm³/mol. The van der Waals surface area contributed by atoms with Crippen LogP contribution in [0.2, 0.25) is 0 Å². The first-order valence-corrected chi connectivity index (χ1v) is 4.92. The third kappa shape index (κ3) is 14.1.